The van der Waals surface area contributed by atoms with Crippen LogP contribution in [0.3, 0.4) is 0 Å². The average molecular weight is 370 g/mol. The molecule has 1 aliphatic rings. The van der Waals surface area contributed by atoms with E-state index in [1.165, 1.54) is 22.7 Å². The van der Waals surface area contributed by atoms with Gasteiger partial charge < -0.3 is 14.6 Å². The van der Waals surface area contributed by atoms with Crippen LogP contribution in [0.25, 0.3) is 0 Å². The van der Waals surface area contributed by atoms with E-state index in [1.54, 1.807) is 25.1 Å². The minimum Gasteiger partial charge on any atom is -0.383 e. The van der Waals surface area contributed by atoms with Crippen molar-refractivity contribution < 1.29 is 18.9 Å². The van der Waals surface area contributed by atoms with E-state index < -0.39 is 6.10 Å². The third kappa shape index (κ3) is 5.37. The van der Waals surface area contributed by atoms with E-state index in [4.69, 9.17) is 4.84 Å². The monoisotopic (exact) mass is 370 g/mol. The predicted molar refractivity (Wildman–Crippen MR) is 102 cm³/mol. The summed E-state index contributed by atoms with van der Waals surface area (Å²) in [5, 5.41) is 3.77. The van der Waals surface area contributed by atoms with Gasteiger partial charge in [0.1, 0.15) is 12.4 Å². The molecule has 6 heteroatoms. The number of nitrogens with zero attached hydrogens (tertiary/aromatic N) is 2. The van der Waals surface area contributed by atoms with Crippen LogP contribution < -0.4 is 4.90 Å². The van der Waals surface area contributed by atoms with Crippen LogP contribution in [0.1, 0.15) is 18.1 Å². The maximum absolute atomic E-state index is 13.5. The summed E-state index contributed by atoms with van der Waals surface area (Å²) in [6.45, 7) is 5.86. The second kappa shape index (κ2) is 9.28. The number of carbonyl (C=O) groups excluding carboxylic acids is 1. The minimum atomic E-state index is -0.691. The Hall–Kier alpha value is -2.73. The fraction of sp³-hybridized carbons (Fsp3) is 0.333. The molecule has 0 radical (unpaired) electrons. The van der Waals surface area contributed by atoms with Crippen molar-refractivity contribution in [2.75, 3.05) is 26.2 Å². The first-order valence-electron chi connectivity index (χ1n) is 9.23. The molecule has 0 saturated carbocycles. The number of nitrogens with one attached hydrogen (secondary N) is 1. The molecule has 2 aromatic rings. The van der Waals surface area contributed by atoms with Gasteiger partial charge in [-0.25, -0.2) is 4.39 Å². The quantitative estimate of drug-likeness (QED) is 0.619. The van der Waals surface area contributed by atoms with E-state index in [0.717, 1.165) is 19.6 Å². The summed E-state index contributed by atoms with van der Waals surface area (Å²) >= 11 is 0. The second-order valence-corrected chi connectivity index (χ2v) is 6.74. The van der Waals surface area contributed by atoms with Crippen molar-refractivity contribution in [2.24, 2.45) is 5.16 Å². The summed E-state index contributed by atoms with van der Waals surface area (Å²) in [5.74, 6) is -0.458. The molecule has 1 amide bonds. The third-order valence-corrected chi connectivity index (χ3v) is 4.74. The number of piperazine rings is 1. The molecule has 5 nitrogen and oxygen atoms in total. The Labute approximate surface area is 159 Å². The van der Waals surface area contributed by atoms with Crippen molar-refractivity contribution in [3.63, 3.8) is 0 Å². The highest BCUT2D eigenvalue weighted by atomic mass is 19.1. The Balaban J connectivity index is 1.45. The van der Waals surface area contributed by atoms with Crippen molar-refractivity contribution in [3.05, 3.63) is 71.5 Å². The van der Waals surface area contributed by atoms with Gasteiger partial charge in [-0.1, -0.05) is 53.7 Å². The fourth-order valence-electron chi connectivity index (χ4n) is 3.17. The third-order valence-electron chi connectivity index (χ3n) is 4.74. The first kappa shape index (κ1) is 19.0. The SMILES string of the molecule is C[C@@H](O/N=C\c1ccccc1F)C(=O)N1CC[NH+](Cc2ccccc2)CC1. The smallest absolute Gasteiger partial charge is 0.266 e. The van der Waals surface area contributed by atoms with Crippen LogP contribution in [0.2, 0.25) is 0 Å². The van der Waals surface area contributed by atoms with Gasteiger partial charge in [0.25, 0.3) is 5.91 Å². The van der Waals surface area contributed by atoms with E-state index >= 15 is 0 Å². The van der Waals surface area contributed by atoms with Crippen LogP contribution in [0.4, 0.5) is 4.39 Å². The van der Waals surface area contributed by atoms with Gasteiger partial charge in [0, 0.05) is 11.1 Å². The summed E-state index contributed by atoms with van der Waals surface area (Å²) in [6.07, 6.45) is 0.602. The highest BCUT2D eigenvalue weighted by Crippen LogP contribution is 2.05. The zero-order valence-electron chi connectivity index (χ0n) is 15.5. The molecule has 27 heavy (non-hydrogen) atoms. The maximum atomic E-state index is 13.5. The van der Waals surface area contributed by atoms with Gasteiger partial charge in [0.2, 0.25) is 6.10 Å². The average Bonchev–Trinajstić information content (AvgIpc) is 2.70. The molecule has 2 aromatic carbocycles. The van der Waals surface area contributed by atoms with Gasteiger partial charge >= 0.3 is 0 Å². The van der Waals surface area contributed by atoms with Crippen molar-refractivity contribution in [3.8, 4) is 0 Å². The standard InChI is InChI=1S/C21H24FN3O2/c1-17(27-23-15-19-9-5-6-10-20(19)22)21(26)25-13-11-24(12-14-25)16-18-7-3-2-4-8-18/h2-10,15,17H,11-14,16H2,1H3/p+1/b23-15-/t17-/m1/s1. The zero-order valence-corrected chi connectivity index (χ0v) is 15.5. The Bertz CT molecular complexity index is 774. The molecule has 0 unspecified atom stereocenters. The molecule has 3 rings (SSSR count). The number of halogens is 1. The van der Waals surface area contributed by atoms with Crippen molar-refractivity contribution >= 4 is 12.1 Å². The van der Waals surface area contributed by atoms with Gasteiger partial charge in [-0.05, 0) is 13.0 Å². The molecule has 0 spiro atoms. The first-order valence-corrected chi connectivity index (χ1v) is 9.23. The largest absolute Gasteiger partial charge is 0.383 e. The highest BCUT2D eigenvalue weighted by molar-refractivity contribution is 5.81. The van der Waals surface area contributed by atoms with Gasteiger partial charge in [0.15, 0.2) is 0 Å². The second-order valence-electron chi connectivity index (χ2n) is 6.74. The van der Waals surface area contributed by atoms with Gasteiger partial charge in [0.05, 0.1) is 32.4 Å². The number of rotatable bonds is 6. The van der Waals surface area contributed by atoms with E-state index in [-0.39, 0.29) is 11.7 Å². The number of benzene rings is 2. The first-order chi connectivity index (χ1) is 13.1. The van der Waals surface area contributed by atoms with E-state index in [1.807, 2.05) is 11.0 Å². The molecular weight excluding hydrogens is 345 g/mol. The predicted octanol–water partition coefficient (Wildman–Crippen LogP) is 1.49. The number of carbonyl (C=O) groups is 1. The van der Waals surface area contributed by atoms with Crippen LogP contribution in [0.15, 0.2) is 59.8 Å². The number of quaternary nitrogens is 1. The Morgan fingerprint density at radius 2 is 1.85 bits per heavy atom. The van der Waals surface area contributed by atoms with Crippen LogP contribution in [0, 0.1) is 5.82 Å². The summed E-state index contributed by atoms with van der Waals surface area (Å²) in [6, 6.07) is 16.7. The molecule has 0 aromatic heterocycles. The van der Waals surface area contributed by atoms with Gasteiger partial charge in [-0.2, -0.15) is 0 Å². The van der Waals surface area contributed by atoms with Gasteiger partial charge in [-0.3, -0.25) is 4.79 Å². The summed E-state index contributed by atoms with van der Waals surface area (Å²) in [5.41, 5.74) is 1.64. The Morgan fingerprint density at radius 1 is 1.19 bits per heavy atom. The number of hydrogen-bond acceptors (Lipinski definition) is 3. The Kier molecular flexibility index (Phi) is 6.54. The lowest BCUT2D eigenvalue weighted by molar-refractivity contribution is -0.917. The molecule has 0 bridgehead atoms. The number of oxime groups is 1. The van der Waals surface area contributed by atoms with Crippen molar-refractivity contribution in [1.82, 2.24) is 4.90 Å². The van der Waals surface area contributed by atoms with E-state index in [0.29, 0.717) is 18.7 Å². The Morgan fingerprint density at radius 3 is 2.56 bits per heavy atom. The highest BCUT2D eigenvalue weighted by Gasteiger charge is 2.27. The van der Waals surface area contributed by atoms with Crippen molar-refractivity contribution in [2.45, 2.75) is 19.6 Å². The molecule has 1 atom stereocenters. The van der Waals surface area contributed by atoms with E-state index in [9.17, 15) is 9.18 Å². The van der Waals surface area contributed by atoms with E-state index in [2.05, 4.69) is 29.4 Å². The lowest BCUT2D eigenvalue weighted by atomic mass is 10.2. The fourth-order valence-corrected chi connectivity index (χ4v) is 3.17. The van der Waals surface area contributed by atoms with Gasteiger partial charge in [-0.15, -0.1) is 0 Å². The zero-order chi connectivity index (χ0) is 19.1. The molecule has 142 valence electrons. The normalized spacial score (nSPS) is 16.4. The lowest BCUT2D eigenvalue weighted by Gasteiger charge is -2.33. The maximum Gasteiger partial charge on any atom is 0.266 e. The number of hydrogen-bond donors (Lipinski definition) is 1. The minimum absolute atomic E-state index is 0.0838. The molecular formula is C21H25FN3O2+. The van der Waals surface area contributed by atoms with Crippen molar-refractivity contribution in [1.29, 1.82) is 0 Å². The summed E-state index contributed by atoms with van der Waals surface area (Å²) < 4.78 is 13.5. The van der Waals surface area contributed by atoms with Crippen LogP contribution in [0.5, 0.6) is 0 Å². The molecule has 1 heterocycles. The molecule has 1 N–H and O–H groups in total. The van der Waals surface area contributed by atoms with Crippen LogP contribution in [-0.2, 0) is 16.2 Å². The topological polar surface area (TPSA) is 46.3 Å². The molecule has 0 aliphatic carbocycles. The number of amides is 1. The lowest BCUT2D eigenvalue weighted by Crippen LogP contribution is -3.13. The van der Waals surface area contributed by atoms with Crippen LogP contribution in [-0.4, -0.2) is 49.3 Å². The van der Waals surface area contributed by atoms with Crippen LogP contribution >= 0.6 is 0 Å². The molecule has 1 fully saturated rings. The summed E-state index contributed by atoms with van der Waals surface area (Å²) in [7, 11) is 0. The molecule has 1 aliphatic heterocycles. The summed E-state index contributed by atoms with van der Waals surface area (Å²) in [4.78, 5) is 21.0. The molecule has 1 saturated heterocycles.